The average molecular weight is 279 g/mol. The van der Waals surface area contributed by atoms with Crippen molar-refractivity contribution in [1.82, 2.24) is 5.32 Å². The summed E-state index contributed by atoms with van der Waals surface area (Å²) in [5.74, 6) is 1.53. The minimum atomic E-state index is -0.214. The first-order valence-electron chi connectivity index (χ1n) is 7.45. The molecule has 1 saturated carbocycles. The lowest BCUT2D eigenvalue weighted by Gasteiger charge is -2.28. The molecule has 0 saturated heterocycles. The first kappa shape index (κ1) is 15.1. The maximum absolute atomic E-state index is 9.95. The molecule has 1 fully saturated rings. The van der Waals surface area contributed by atoms with E-state index in [1.165, 1.54) is 6.42 Å². The van der Waals surface area contributed by atoms with Crippen molar-refractivity contribution < 1.29 is 14.6 Å². The van der Waals surface area contributed by atoms with Crippen LogP contribution in [0.5, 0.6) is 11.5 Å². The van der Waals surface area contributed by atoms with Gasteiger partial charge in [0.2, 0.25) is 0 Å². The van der Waals surface area contributed by atoms with Crippen molar-refractivity contribution in [1.29, 1.82) is 0 Å². The highest BCUT2D eigenvalue weighted by molar-refractivity contribution is 5.42. The zero-order chi connectivity index (χ0) is 14.4. The molecule has 0 bridgehead atoms. The molecule has 2 N–H and O–H groups in total. The van der Waals surface area contributed by atoms with E-state index in [-0.39, 0.29) is 12.1 Å². The number of aliphatic hydroxyl groups is 1. The SMILES string of the molecule is CCOc1ccc(CN[C@@H]2CCCC[C@H]2O)cc1OC. The second-order valence-corrected chi connectivity index (χ2v) is 5.26. The first-order valence-corrected chi connectivity index (χ1v) is 7.45. The topological polar surface area (TPSA) is 50.7 Å². The molecule has 4 nitrogen and oxygen atoms in total. The average Bonchev–Trinajstić information content (AvgIpc) is 2.48. The third-order valence-electron chi connectivity index (χ3n) is 3.83. The molecule has 1 aliphatic carbocycles. The molecular formula is C16H25NO3. The maximum Gasteiger partial charge on any atom is 0.161 e. The van der Waals surface area contributed by atoms with Gasteiger partial charge in [-0.05, 0) is 37.5 Å². The zero-order valence-corrected chi connectivity index (χ0v) is 12.4. The fourth-order valence-corrected chi connectivity index (χ4v) is 2.70. The fraction of sp³-hybridized carbons (Fsp3) is 0.625. The van der Waals surface area contributed by atoms with Crippen LogP contribution in [0.2, 0.25) is 0 Å². The van der Waals surface area contributed by atoms with Crippen molar-refractivity contribution in [2.24, 2.45) is 0 Å². The molecule has 2 atom stereocenters. The summed E-state index contributed by atoms with van der Waals surface area (Å²) in [5.41, 5.74) is 1.14. The Morgan fingerprint density at radius 2 is 2.05 bits per heavy atom. The Morgan fingerprint density at radius 3 is 2.75 bits per heavy atom. The monoisotopic (exact) mass is 279 g/mol. The van der Waals surface area contributed by atoms with Gasteiger partial charge in [-0.1, -0.05) is 18.9 Å². The highest BCUT2D eigenvalue weighted by Gasteiger charge is 2.22. The van der Waals surface area contributed by atoms with Gasteiger partial charge in [-0.3, -0.25) is 0 Å². The molecule has 1 aromatic carbocycles. The van der Waals surface area contributed by atoms with E-state index in [4.69, 9.17) is 9.47 Å². The van der Waals surface area contributed by atoms with Crippen molar-refractivity contribution in [2.45, 2.75) is 51.3 Å². The van der Waals surface area contributed by atoms with Crippen LogP contribution in [0.4, 0.5) is 0 Å². The Morgan fingerprint density at radius 1 is 1.25 bits per heavy atom. The zero-order valence-electron chi connectivity index (χ0n) is 12.4. The van der Waals surface area contributed by atoms with Crippen LogP contribution in [0.1, 0.15) is 38.2 Å². The van der Waals surface area contributed by atoms with Crippen LogP contribution >= 0.6 is 0 Å². The van der Waals surface area contributed by atoms with Gasteiger partial charge in [0.05, 0.1) is 19.8 Å². The molecule has 0 aliphatic heterocycles. The van der Waals surface area contributed by atoms with Crippen LogP contribution in [0.25, 0.3) is 0 Å². The second kappa shape index (κ2) is 7.50. The van der Waals surface area contributed by atoms with Gasteiger partial charge in [0, 0.05) is 12.6 Å². The van der Waals surface area contributed by atoms with E-state index in [1.54, 1.807) is 7.11 Å². The molecule has 1 aromatic rings. The lowest BCUT2D eigenvalue weighted by Crippen LogP contribution is -2.41. The van der Waals surface area contributed by atoms with Gasteiger partial charge in [-0.25, -0.2) is 0 Å². The van der Waals surface area contributed by atoms with E-state index in [2.05, 4.69) is 5.32 Å². The van der Waals surface area contributed by atoms with Crippen LogP contribution in [0.15, 0.2) is 18.2 Å². The Labute approximate surface area is 121 Å². The quantitative estimate of drug-likeness (QED) is 0.840. The van der Waals surface area contributed by atoms with Gasteiger partial charge in [-0.15, -0.1) is 0 Å². The molecule has 0 radical (unpaired) electrons. The van der Waals surface area contributed by atoms with Crippen LogP contribution in [0, 0.1) is 0 Å². The van der Waals surface area contributed by atoms with Crippen molar-refractivity contribution >= 4 is 0 Å². The Hall–Kier alpha value is -1.26. The summed E-state index contributed by atoms with van der Waals surface area (Å²) in [5, 5.41) is 13.4. The van der Waals surface area contributed by atoms with Crippen LogP contribution < -0.4 is 14.8 Å². The van der Waals surface area contributed by atoms with Gasteiger partial charge in [0.25, 0.3) is 0 Å². The molecule has 112 valence electrons. The molecular weight excluding hydrogens is 254 g/mol. The van der Waals surface area contributed by atoms with E-state index in [0.29, 0.717) is 6.61 Å². The second-order valence-electron chi connectivity index (χ2n) is 5.26. The van der Waals surface area contributed by atoms with Gasteiger partial charge >= 0.3 is 0 Å². The first-order chi connectivity index (χ1) is 9.74. The van der Waals surface area contributed by atoms with Crippen molar-refractivity contribution in [3.8, 4) is 11.5 Å². The molecule has 1 aliphatic rings. The summed E-state index contributed by atoms with van der Waals surface area (Å²) < 4.78 is 10.9. The van der Waals surface area contributed by atoms with Crippen LogP contribution in [-0.4, -0.2) is 31.0 Å². The summed E-state index contributed by atoms with van der Waals surface area (Å²) in [6.07, 6.45) is 4.07. The number of methoxy groups -OCH3 is 1. The number of aliphatic hydroxyl groups excluding tert-OH is 1. The normalized spacial score (nSPS) is 22.6. The van der Waals surface area contributed by atoms with Crippen LogP contribution in [-0.2, 0) is 6.54 Å². The lowest BCUT2D eigenvalue weighted by molar-refractivity contribution is 0.0902. The largest absolute Gasteiger partial charge is 0.493 e. The number of benzene rings is 1. The predicted octanol–water partition coefficient (Wildman–Crippen LogP) is 2.49. The minimum Gasteiger partial charge on any atom is -0.493 e. The smallest absolute Gasteiger partial charge is 0.161 e. The molecule has 0 aromatic heterocycles. The minimum absolute atomic E-state index is 0.210. The molecule has 4 heteroatoms. The summed E-state index contributed by atoms with van der Waals surface area (Å²) in [4.78, 5) is 0. The maximum atomic E-state index is 9.95. The number of nitrogens with one attached hydrogen (secondary N) is 1. The van der Waals surface area contributed by atoms with Crippen LogP contribution in [0.3, 0.4) is 0 Å². The Balaban J connectivity index is 1.95. The molecule has 0 amide bonds. The van der Waals surface area contributed by atoms with E-state index in [0.717, 1.165) is 42.9 Å². The highest BCUT2D eigenvalue weighted by atomic mass is 16.5. The molecule has 0 heterocycles. The molecule has 0 unspecified atom stereocenters. The van der Waals surface area contributed by atoms with E-state index in [9.17, 15) is 5.11 Å². The van der Waals surface area contributed by atoms with Gasteiger partial charge in [-0.2, -0.15) is 0 Å². The van der Waals surface area contributed by atoms with Crippen molar-refractivity contribution in [3.63, 3.8) is 0 Å². The van der Waals surface area contributed by atoms with E-state index < -0.39 is 0 Å². The van der Waals surface area contributed by atoms with E-state index in [1.807, 2.05) is 25.1 Å². The fourth-order valence-electron chi connectivity index (χ4n) is 2.70. The third-order valence-corrected chi connectivity index (χ3v) is 3.83. The number of hydrogen-bond acceptors (Lipinski definition) is 4. The Bertz CT molecular complexity index is 422. The van der Waals surface area contributed by atoms with Gasteiger partial charge in [0.15, 0.2) is 11.5 Å². The molecule has 0 spiro atoms. The van der Waals surface area contributed by atoms with Gasteiger partial charge in [0.1, 0.15) is 0 Å². The summed E-state index contributed by atoms with van der Waals surface area (Å²) in [7, 11) is 1.65. The highest BCUT2D eigenvalue weighted by Crippen LogP contribution is 2.28. The van der Waals surface area contributed by atoms with Crippen molar-refractivity contribution in [2.75, 3.05) is 13.7 Å². The number of rotatable bonds is 6. The summed E-state index contributed by atoms with van der Waals surface area (Å²) in [6, 6.07) is 6.18. The predicted molar refractivity (Wildman–Crippen MR) is 79.3 cm³/mol. The summed E-state index contributed by atoms with van der Waals surface area (Å²) in [6.45, 7) is 3.33. The number of ether oxygens (including phenoxy) is 2. The standard InChI is InChI=1S/C16H25NO3/c1-3-20-15-9-8-12(10-16(15)19-2)11-17-13-6-4-5-7-14(13)18/h8-10,13-14,17-18H,3-7,11H2,1-2H3/t13-,14-/m1/s1. The lowest BCUT2D eigenvalue weighted by atomic mass is 9.92. The molecule has 2 rings (SSSR count). The summed E-state index contributed by atoms with van der Waals surface area (Å²) >= 11 is 0. The molecule has 20 heavy (non-hydrogen) atoms. The Kier molecular flexibility index (Phi) is 5.68. The third kappa shape index (κ3) is 3.87. The van der Waals surface area contributed by atoms with Gasteiger partial charge < -0.3 is 19.9 Å². The van der Waals surface area contributed by atoms with E-state index >= 15 is 0 Å². The van der Waals surface area contributed by atoms with Crippen molar-refractivity contribution in [3.05, 3.63) is 23.8 Å². The number of hydrogen-bond donors (Lipinski definition) is 2.